The van der Waals surface area contributed by atoms with Gasteiger partial charge in [-0.05, 0) is 50.3 Å². The second kappa shape index (κ2) is 5.98. The maximum atomic E-state index is 13.7. The summed E-state index contributed by atoms with van der Waals surface area (Å²) < 4.78 is 32.6. The minimum absolute atomic E-state index is 0.226. The zero-order chi connectivity index (χ0) is 13.1. The van der Waals surface area contributed by atoms with Gasteiger partial charge in [0.2, 0.25) is 0 Å². The lowest BCUT2D eigenvalue weighted by molar-refractivity contribution is 0.102. The molecule has 4 heteroatoms. The Kier molecular flexibility index (Phi) is 4.57. The Hall–Kier alpha value is -0.670. The zero-order valence-corrected chi connectivity index (χ0v) is 11.1. The van der Waals surface area contributed by atoms with Crippen LogP contribution in [0.25, 0.3) is 0 Å². The van der Waals surface area contributed by atoms with E-state index < -0.39 is 17.0 Å². The van der Waals surface area contributed by atoms with E-state index in [1.807, 2.05) is 0 Å². The van der Waals surface area contributed by atoms with E-state index in [9.17, 15) is 8.78 Å². The molecule has 0 amide bonds. The third kappa shape index (κ3) is 3.21. The van der Waals surface area contributed by atoms with Gasteiger partial charge in [0, 0.05) is 12.2 Å². The average Bonchev–Trinajstić information content (AvgIpc) is 2.84. The Balaban J connectivity index is 1.99. The number of alkyl halides is 1. The molecule has 0 aromatic heterocycles. The Labute approximate surface area is 111 Å². The third-order valence-electron chi connectivity index (χ3n) is 3.38. The Morgan fingerprint density at radius 2 is 2.17 bits per heavy atom. The summed E-state index contributed by atoms with van der Waals surface area (Å²) in [6.45, 7) is 2.34. The molecule has 1 aliphatic heterocycles. The standard InChI is InChI=1S/C14H17ClF2O/c1-9-7-14(17)11(8-13(9)16)12(15)5-4-10-3-2-6-18-10/h7-8,10,12H,2-6H2,1H3. The lowest BCUT2D eigenvalue weighted by atomic mass is 10.0. The predicted octanol–water partition coefficient (Wildman–Crippen LogP) is 4.51. The van der Waals surface area contributed by atoms with Gasteiger partial charge in [0.25, 0.3) is 0 Å². The molecule has 100 valence electrons. The maximum Gasteiger partial charge on any atom is 0.128 e. The van der Waals surface area contributed by atoms with Crippen LogP contribution in [0.5, 0.6) is 0 Å². The second-order valence-electron chi connectivity index (χ2n) is 4.80. The fraction of sp³-hybridized carbons (Fsp3) is 0.571. The molecule has 2 unspecified atom stereocenters. The van der Waals surface area contributed by atoms with Gasteiger partial charge in [-0.3, -0.25) is 0 Å². The number of benzene rings is 1. The van der Waals surface area contributed by atoms with Crippen molar-refractivity contribution >= 4 is 11.6 Å². The number of ether oxygens (including phenoxy) is 1. The Morgan fingerprint density at radius 3 is 2.83 bits per heavy atom. The first-order chi connectivity index (χ1) is 8.58. The quantitative estimate of drug-likeness (QED) is 0.734. The molecule has 2 rings (SSSR count). The molecule has 1 nitrogen and oxygen atoms in total. The van der Waals surface area contributed by atoms with Crippen molar-refractivity contribution in [2.75, 3.05) is 6.61 Å². The van der Waals surface area contributed by atoms with Crippen LogP contribution in [-0.2, 0) is 4.74 Å². The first-order valence-electron chi connectivity index (χ1n) is 6.29. The molecule has 1 saturated heterocycles. The Morgan fingerprint density at radius 1 is 1.39 bits per heavy atom. The van der Waals surface area contributed by atoms with Crippen molar-refractivity contribution in [3.05, 3.63) is 34.9 Å². The summed E-state index contributed by atoms with van der Waals surface area (Å²) in [5.74, 6) is -0.838. The molecule has 1 heterocycles. The molecule has 0 saturated carbocycles. The van der Waals surface area contributed by atoms with E-state index in [-0.39, 0.29) is 11.7 Å². The molecule has 2 atom stereocenters. The SMILES string of the molecule is Cc1cc(F)c(C(Cl)CCC2CCCO2)cc1F. The molecule has 0 N–H and O–H groups in total. The highest BCUT2D eigenvalue weighted by molar-refractivity contribution is 6.20. The van der Waals surface area contributed by atoms with Gasteiger partial charge in [-0.15, -0.1) is 11.6 Å². The Bertz CT molecular complexity index is 417. The van der Waals surface area contributed by atoms with Crippen LogP contribution in [0.3, 0.4) is 0 Å². The molecule has 0 spiro atoms. The first-order valence-corrected chi connectivity index (χ1v) is 6.73. The van der Waals surface area contributed by atoms with Crippen LogP contribution in [0.2, 0.25) is 0 Å². The smallest absolute Gasteiger partial charge is 0.128 e. The van der Waals surface area contributed by atoms with Gasteiger partial charge in [-0.25, -0.2) is 8.78 Å². The number of hydrogen-bond acceptors (Lipinski definition) is 1. The predicted molar refractivity (Wildman–Crippen MR) is 67.9 cm³/mol. The minimum Gasteiger partial charge on any atom is -0.378 e. The molecule has 1 fully saturated rings. The van der Waals surface area contributed by atoms with Crippen LogP contribution in [0.4, 0.5) is 8.78 Å². The van der Waals surface area contributed by atoms with Crippen LogP contribution in [0.15, 0.2) is 12.1 Å². The maximum absolute atomic E-state index is 13.7. The first kappa shape index (κ1) is 13.8. The highest BCUT2D eigenvalue weighted by Gasteiger charge is 2.20. The van der Waals surface area contributed by atoms with Crippen LogP contribution in [0, 0.1) is 18.6 Å². The van der Waals surface area contributed by atoms with Crippen molar-refractivity contribution in [2.45, 2.75) is 44.1 Å². The van der Waals surface area contributed by atoms with Gasteiger partial charge < -0.3 is 4.74 Å². The molecular formula is C14H17ClF2O. The summed E-state index contributed by atoms with van der Waals surface area (Å²) in [7, 11) is 0. The fourth-order valence-corrected chi connectivity index (χ4v) is 2.55. The molecule has 18 heavy (non-hydrogen) atoms. The van der Waals surface area contributed by atoms with Gasteiger partial charge >= 0.3 is 0 Å². The van der Waals surface area contributed by atoms with Gasteiger partial charge in [0.15, 0.2) is 0 Å². The highest BCUT2D eigenvalue weighted by Crippen LogP contribution is 2.31. The minimum atomic E-state index is -0.496. The topological polar surface area (TPSA) is 9.23 Å². The summed E-state index contributed by atoms with van der Waals surface area (Å²) in [6, 6.07) is 2.41. The summed E-state index contributed by atoms with van der Waals surface area (Å²) in [6.07, 6.45) is 3.73. The summed E-state index contributed by atoms with van der Waals surface area (Å²) >= 11 is 6.15. The van der Waals surface area contributed by atoms with E-state index in [0.29, 0.717) is 12.0 Å². The summed E-state index contributed by atoms with van der Waals surface area (Å²) in [5.41, 5.74) is 0.553. The number of halogens is 3. The number of aryl methyl sites for hydroxylation is 1. The highest BCUT2D eigenvalue weighted by atomic mass is 35.5. The number of rotatable bonds is 4. The van der Waals surface area contributed by atoms with Crippen molar-refractivity contribution in [2.24, 2.45) is 0 Å². The second-order valence-corrected chi connectivity index (χ2v) is 5.33. The largest absolute Gasteiger partial charge is 0.378 e. The molecule has 1 aromatic carbocycles. The van der Waals surface area contributed by atoms with Gasteiger partial charge in [-0.1, -0.05) is 0 Å². The van der Waals surface area contributed by atoms with Gasteiger partial charge in [0.1, 0.15) is 11.6 Å². The van der Waals surface area contributed by atoms with Crippen molar-refractivity contribution in [3.8, 4) is 0 Å². The van der Waals surface area contributed by atoms with E-state index in [0.717, 1.165) is 25.9 Å². The molecule has 1 aromatic rings. The van der Waals surface area contributed by atoms with E-state index >= 15 is 0 Å². The third-order valence-corrected chi connectivity index (χ3v) is 3.83. The fourth-order valence-electron chi connectivity index (χ4n) is 2.26. The average molecular weight is 275 g/mol. The van der Waals surface area contributed by atoms with Crippen molar-refractivity contribution < 1.29 is 13.5 Å². The van der Waals surface area contributed by atoms with E-state index in [2.05, 4.69) is 0 Å². The zero-order valence-electron chi connectivity index (χ0n) is 10.4. The van der Waals surface area contributed by atoms with Crippen LogP contribution in [0.1, 0.15) is 42.2 Å². The van der Waals surface area contributed by atoms with Crippen LogP contribution in [-0.4, -0.2) is 12.7 Å². The lowest BCUT2D eigenvalue weighted by Crippen LogP contribution is -2.07. The van der Waals surface area contributed by atoms with E-state index in [1.165, 1.54) is 19.1 Å². The molecule has 0 aliphatic carbocycles. The van der Waals surface area contributed by atoms with Crippen molar-refractivity contribution in [1.29, 1.82) is 0 Å². The molecule has 0 bridgehead atoms. The lowest BCUT2D eigenvalue weighted by Gasteiger charge is -2.14. The van der Waals surface area contributed by atoms with Gasteiger partial charge in [-0.2, -0.15) is 0 Å². The molecular weight excluding hydrogens is 258 g/mol. The van der Waals surface area contributed by atoms with E-state index in [1.54, 1.807) is 0 Å². The van der Waals surface area contributed by atoms with Crippen molar-refractivity contribution in [1.82, 2.24) is 0 Å². The number of hydrogen-bond donors (Lipinski definition) is 0. The normalized spacial score (nSPS) is 21.2. The van der Waals surface area contributed by atoms with E-state index in [4.69, 9.17) is 16.3 Å². The van der Waals surface area contributed by atoms with Gasteiger partial charge in [0.05, 0.1) is 11.5 Å². The monoisotopic (exact) mass is 274 g/mol. The van der Waals surface area contributed by atoms with Crippen molar-refractivity contribution in [3.63, 3.8) is 0 Å². The van der Waals surface area contributed by atoms with Crippen LogP contribution >= 0.6 is 11.6 Å². The molecule has 1 aliphatic rings. The van der Waals surface area contributed by atoms with Crippen LogP contribution < -0.4 is 0 Å². The summed E-state index contributed by atoms with van der Waals surface area (Å²) in [4.78, 5) is 0. The summed E-state index contributed by atoms with van der Waals surface area (Å²) in [5, 5.41) is -0.496. The molecule has 0 radical (unpaired) electrons.